The van der Waals surface area contributed by atoms with E-state index < -0.39 is 0 Å². The molecule has 2 heteroatoms. The zero-order valence-corrected chi connectivity index (χ0v) is 15.9. The van der Waals surface area contributed by atoms with E-state index in [0.717, 1.165) is 0 Å². The zero-order valence-electron chi connectivity index (χ0n) is 15.9. The number of aryl methyl sites for hydroxylation is 5. The fraction of sp³-hybridized carbons (Fsp3) is 0.261. The Bertz CT molecular complexity index is 1150. The van der Waals surface area contributed by atoms with Crippen molar-refractivity contribution in [3.63, 3.8) is 0 Å². The molecule has 126 valence electrons. The Morgan fingerprint density at radius 3 is 2.24 bits per heavy atom. The molecule has 0 saturated carbocycles. The van der Waals surface area contributed by atoms with Crippen molar-refractivity contribution in [1.82, 2.24) is 4.57 Å². The van der Waals surface area contributed by atoms with Crippen molar-refractivity contribution in [1.29, 1.82) is 0 Å². The molecule has 2 aromatic carbocycles. The summed E-state index contributed by atoms with van der Waals surface area (Å²) in [6.45, 7) is 11.0. The van der Waals surface area contributed by atoms with Gasteiger partial charge in [-0.1, -0.05) is 12.1 Å². The molecule has 2 heterocycles. The molecule has 0 atom stereocenters. The fourth-order valence-corrected chi connectivity index (χ4v) is 3.88. The highest BCUT2D eigenvalue weighted by atomic mass is 15.1. The van der Waals surface area contributed by atoms with Gasteiger partial charge in [0, 0.05) is 16.8 Å². The van der Waals surface area contributed by atoms with Crippen LogP contribution in [0.2, 0.25) is 0 Å². The van der Waals surface area contributed by atoms with Gasteiger partial charge in [0.25, 0.3) is 5.82 Å². The standard InChI is InChI=1S/C23H25N2/c1-14-7-9-19-20-10-8-16(3)18(5)23(20)25(21(19)12-14)22-13-15(2)11-17(4)24(22)6/h7-13H,1-6H3/q+1. The predicted octanol–water partition coefficient (Wildman–Crippen LogP) is 5.15. The lowest BCUT2D eigenvalue weighted by atomic mass is 10.0. The number of fused-ring (bicyclic) bond motifs is 3. The largest absolute Gasteiger partial charge is 0.287 e. The van der Waals surface area contributed by atoms with Gasteiger partial charge in [-0.15, -0.1) is 0 Å². The van der Waals surface area contributed by atoms with Crippen molar-refractivity contribution < 1.29 is 4.57 Å². The highest BCUT2D eigenvalue weighted by Crippen LogP contribution is 2.34. The van der Waals surface area contributed by atoms with Crippen LogP contribution in [-0.4, -0.2) is 4.57 Å². The molecule has 0 saturated heterocycles. The van der Waals surface area contributed by atoms with Gasteiger partial charge in [-0.3, -0.25) is 0 Å². The Hall–Kier alpha value is -2.61. The van der Waals surface area contributed by atoms with E-state index in [0.29, 0.717) is 0 Å². The summed E-state index contributed by atoms with van der Waals surface area (Å²) in [5, 5.41) is 2.65. The molecule has 2 nitrogen and oxygen atoms in total. The lowest BCUT2D eigenvalue weighted by Gasteiger charge is -2.09. The summed E-state index contributed by atoms with van der Waals surface area (Å²) in [6, 6.07) is 15.8. The van der Waals surface area contributed by atoms with Crippen LogP contribution in [0.5, 0.6) is 0 Å². The lowest BCUT2D eigenvalue weighted by molar-refractivity contribution is -0.671. The van der Waals surface area contributed by atoms with Gasteiger partial charge in [-0.2, -0.15) is 4.57 Å². The average Bonchev–Trinajstić information content (AvgIpc) is 2.88. The maximum atomic E-state index is 2.44. The third-order valence-electron chi connectivity index (χ3n) is 5.50. The highest BCUT2D eigenvalue weighted by molar-refractivity contribution is 6.10. The van der Waals surface area contributed by atoms with Crippen molar-refractivity contribution >= 4 is 21.8 Å². The van der Waals surface area contributed by atoms with Gasteiger partial charge in [0.15, 0.2) is 0 Å². The smallest absolute Gasteiger partial charge is 0.234 e. The minimum atomic E-state index is 1.22. The van der Waals surface area contributed by atoms with E-state index in [1.54, 1.807) is 0 Å². The van der Waals surface area contributed by atoms with Crippen LogP contribution in [0.15, 0.2) is 42.5 Å². The second-order valence-corrected chi connectivity index (χ2v) is 7.35. The summed E-state index contributed by atoms with van der Waals surface area (Å²) >= 11 is 0. The van der Waals surface area contributed by atoms with Crippen molar-refractivity contribution in [2.45, 2.75) is 34.6 Å². The van der Waals surface area contributed by atoms with Crippen molar-refractivity contribution in [2.24, 2.45) is 7.05 Å². The number of benzene rings is 2. The number of nitrogens with zero attached hydrogens (tertiary/aromatic N) is 2. The number of aromatic nitrogens is 2. The van der Waals surface area contributed by atoms with E-state index >= 15 is 0 Å². The van der Waals surface area contributed by atoms with E-state index in [4.69, 9.17) is 0 Å². The first-order chi connectivity index (χ1) is 11.9. The Kier molecular flexibility index (Phi) is 3.47. The maximum Gasteiger partial charge on any atom is 0.287 e. The molecule has 0 bridgehead atoms. The van der Waals surface area contributed by atoms with E-state index in [2.05, 4.69) is 93.3 Å². The maximum absolute atomic E-state index is 2.44. The SMILES string of the molecule is Cc1cc(C)[n+](C)c(-n2c3cc(C)ccc3c3ccc(C)c(C)c32)c1. The Balaban J connectivity index is 2.29. The minimum absolute atomic E-state index is 1.22. The lowest BCUT2D eigenvalue weighted by Crippen LogP contribution is -2.37. The Morgan fingerprint density at radius 2 is 1.48 bits per heavy atom. The van der Waals surface area contributed by atoms with Gasteiger partial charge in [0.05, 0.1) is 7.05 Å². The zero-order chi connectivity index (χ0) is 17.9. The van der Waals surface area contributed by atoms with E-state index in [-0.39, 0.29) is 0 Å². The summed E-state index contributed by atoms with van der Waals surface area (Å²) in [6.07, 6.45) is 0. The van der Waals surface area contributed by atoms with Gasteiger partial charge in [-0.05, 0) is 81.1 Å². The van der Waals surface area contributed by atoms with Gasteiger partial charge in [-0.25, -0.2) is 4.57 Å². The van der Waals surface area contributed by atoms with Gasteiger partial charge in [0.2, 0.25) is 0 Å². The van der Waals surface area contributed by atoms with Crippen LogP contribution >= 0.6 is 0 Å². The van der Waals surface area contributed by atoms with Crippen LogP contribution in [0.3, 0.4) is 0 Å². The van der Waals surface area contributed by atoms with Crippen LogP contribution in [0.25, 0.3) is 27.6 Å². The highest BCUT2D eigenvalue weighted by Gasteiger charge is 2.23. The summed E-state index contributed by atoms with van der Waals surface area (Å²) in [5.41, 5.74) is 9.13. The minimum Gasteiger partial charge on any atom is -0.234 e. The number of hydrogen-bond acceptors (Lipinski definition) is 0. The van der Waals surface area contributed by atoms with Gasteiger partial charge < -0.3 is 0 Å². The summed E-state index contributed by atoms with van der Waals surface area (Å²) in [4.78, 5) is 0. The summed E-state index contributed by atoms with van der Waals surface area (Å²) in [7, 11) is 2.16. The van der Waals surface area contributed by atoms with Crippen LogP contribution in [0.4, 0.5) is 0 Å². The topological polar surface area (TPSA) is 8.81 Å². The normalized spacial score (nSPS) is 11.6. The molecule has 0 aliphatic carbocycles. The average molecular weight is 329 g/mol. The van der Waals surface area contributed by atoms with Crippen molar-refractivity contribution in [3.8, 4) is 5.82 Å². The fourth-order valence-electron chi connectivity index (χ4n) is 3.88. The molecular weight excluding hydrogens is 304 g/mol. The first kappa shape index (κ1) is 15.9. The van der Waals surface area contributed by atoms with Crippen LogP contribution in [0, 0.1) is 34.6 Å². The molecule has 0 radical (unpaired) electrons. The molecule has 0 fully saturated rings. The monoisotopic (exact) mass is 329 g/mol. The first-order valence-electron chi connectivity index (χ1n) is 8.87. The van der Waals surface area contributed by atoms with E-state index in [1.807, 2.05) is 0 Å². The molecule has 25 heavy (non-hydrogen) atoms. The quantitative estimate of drug-likeness (QED) is 0.427. The van der Waals surface area contributed by atoms with Gasteiger partial charge >= 0.3 is 0 Å². The van der Waals surface area contributed by atoms with E-state index in [1.165, 1.54) is 55.6 Å². The number of pyridine rings is 1. The molecule has 4 rings (SSSR count). The molecule has 0 aliphatic rings. The second-order valence-electron chi connectivity index (χ2n) is 7.35. The summed E-state index contributed by atoms with van der Waals surface area (Å²) < 4.78 is 4.73. The Morgan fingerprint density at radius 1 is 0.760 bits per heavy atom. The molecule has 4 aromatic rings. The first-order valence-corrected chi connectivity index (χ1v) is 8.87. The summed E-state index contributed by atoms with van der Waals surface area (Å²) in [5.74, 6) is 1.22. The molecule has 0 aliphatic heterocycles. The number of rotatable bonds is 1. The molecule has 0 spiro atoms. The number of hydrogen-bond donors (Lipinski definition) is 0. The van der Waals surface area contributed by atoms with E-state index in [9.17, 15) is 0 Å². The molecular formula is C23H25N2+. The second kappa shape index (κ2) is 5.45. The Labute approximate surface area is 149 Å². The third-order valence-corrected chi connectivity index (χ3v) is 5.50. The molecule has 0 N–H and O–H groups in total. The third kappa shape index (κ3) is 2.28. The van der Waals surface area contributed by atoms with Crippen LogP contribution in [-0.2, 0) is 7.05 Å². The van der Waals surface area contributed by atoms with Crippen molar-refractivity contribution in [3.05, 3.63) is 70.4 Å². The molecule has 0 amide bonds. The molecule has 0 unspecified atom stereocenters. The molecule has 2 aromatic heterocycles. The predicted molar refractivity (Wildman–Crippen MR) is 106 cm³/mol. The van der Waals surface area contributed by atoms with Gasteiger partial charge in [0.1, 0.15) is 16.7 Å². The van der Waals surface area contributed by atoms with Crippen molar-refractivity contribution in [2.75, 3.05) is 0 Å². The van der Waals surface area contributed by atoms with Crippen LogP contribution < -0.4 is 4.57 Å². The van der Waals surface area contributed by atoms with Crippen LogP contribution in [0.1, 0.15) is 27.9 Å².